The van der Waals surface area contributed by atoms with Gasteiger partial charge in [-0.3, -0.25) is 4.79 Å². The molecule has 0 unspecified atom stereocenters. The van der Waals surface area contributed by atoms with Gasteiger partial charge in [-0.25, -0.2) is 0 Å². The quantitative estimate of drug-likeness (QED) is 0.164. The summed E-state index contributed by atoms with van der Waals surface area (Å²) in [6, 6.07) is 0. The van der Waals surface area contributed by atoms with Gasteiger partial charge in [0.05, 0.1) is 4.75 Å². The van der Waals surface area contributed by atoms with Crippen LogP contribution in [0.15, 0.2) is 60.8 Å². The van der Waals surface area contributed by atoms with Crippen molar-refractivity contribution in [3.63, 3.8) is 0 Å². The molecule has 0 bridgehead atoms. The molecule has 0 amide bonds. The molecule has 0 heterocycles. The molecule has 29 heavy (non-hydrogen) atoms. The number of rotatable bonds is 18. The molecule has 0 fully saturated rings. The van der Waals surface area contributed by atoms with Crippen molar-refractivity contribution in [3.05, 3.63) is 60.8 Å². The Hall–Kier alpha value is -1.28. The molecule has 0 aliphatic heterocycles. The van der Waals surface area contributed by atoms with Crippen LogP contribution in [0, 0.1) is 0 Å². The molecule has 0 spiro atoms. The zero-order valence-electron chi connectivity index (χ0n) is 19.4. The third-order valence-electron chi connectivity index (χ3n) is 5.09. The Balaban J connectivity index is 3.68. The largest absolute Gasteiger partial charge is 0.298 e. The molecule has 1 nitrogen and oxygen atoms in total. The maximum Gasteiger partial charge on any atom is 0.145 e. The molecule has 0 N–H and O–H groups in total. The van der Waals surface area contributed by atoms with E-state index in [0.717, 1.165) is 57.1 Å². The molecule has 0 aromatic carbocycles. The lowest BCUT2D eigenvalue weighted by atomic mass is 9.98. The Morgan fingerprint density at radius 2 is 1.14 bits per heavy atom. The van der Waals surface area contributed by atoms with Crippen LogP contribution < -0.4 is 0 Å². The van der Waals surface area contributed by atoms with Crippen LogP contribution in [0.3, 0.4) is 0 Å². The number of hydrogen-bond donors (Lipinski definition) is 0. The molecule has 0 aromatic heterocycles. The van der Waals surface area contributed by atoms with E-state index in [0.29, 0.717) is 5.78 Å². The highest BCUT2D eigenvalue weighted by atomic mass is 32.2. The summed E-state index contributed by atoms with van der Waals surface area (Å²) in [5.74, 6) is 1.43. The minimum Gasteiger partial charge on any atom is -0.298 e. The van der Waals surface area contributed by atoms with E-state index in [4.69, 9.17) is 0 Å². The molecular formula is C27H44OS. The standard InChI is InChI=1S/C27H44OS/c1-5-8-9-10-11-12-13-14-15-16-17-18-19-20-21-22-23-24-25-29-27(6-2,7-3)26(4)28/h8-9,11-12,14-15,17-18,20-21H,5-7,10,13,16,19,22-25H2,1-4H3/b9-8-,12-11-,15-14-,18-17-,21-20-. The second-order valence-electron chi connectivity index (χ2n) is 7.31. The van der Waals surface area contributed by atoms with E-state index in [1.807, 2.05) is 11.8 Å². The summed E-state index contributed by atoms with van der Waals surface area (Å²) in [5, 5.41) is 0. The van der Waals surface area contributed by atoms with Crippen LogP contribution in [0.5, 0.6) is 0 Å². The molecule has 0 aliphatic rings. The van der Waals surface area contributed by atoms with E-state index in [2.05, 4.69) is 81.5 Å². The molecule has 164 valence electrons. The van der Waals surface area contributed by atoms with Gasteiger partial charge in [0.25, 0.3) is 0 Å². The summed E-state index contributed by atoms with van der Waals surface area (Å²) in [6.45, 7) is 8.17. The molecule has 0 aliphatic carbocycles. The van der Waals surface area contributed by atoms with Crippen molar-refractivity contribution in [1.29, 1.82) is 0 Å². The Labute approximate surface area is 185 Å². The topological polar surface area (TPSA) is 17.1 Å². The highest BCUT2D eigenvalue weighted by molar-refractivity contribution is 8.01. The number of carbonyl (C=O) groups is 1. The lowest BCUT2D eigenvalue weighted by Gasteiger charge is -2.28. The summed E-state index contributed by atoms with van der Waals surface area (Å²) < 4.78 is -0.142. The Bertz CT molecular complexity index is 533. The summed E-state index contributed by atoms with van der Waals surface area (Å²) in [4.78, 5) is 11.9. The second-order valence-corrected chi connectivity index (χ2v) is 8.79. The maximum atomic E-state index is 11.9. The van der Waals surface area contributed by atoms with Crippen molar-refractivity contribution < 1.29 is 4.79 Å². The first-order valence-corrected chi connectivity index (χ1v) is 12.5. The molecule has 0 rings (SSSR count). The van der Waals surface area contributed by atoms with Crippen molar-refractivity contribution in [3.8, 4) is 0 Å². The summed E-state index contributed by atoms with van der Waals surface area (Å²) in [5.41, 5.74) is 0. The molecular weight excluding hydrogens is 372 g/mol. The number of thioether (sulfide) groups is 1. The fourth-order valence-electron chi connectivity index (χ4n) is 3.05. The number of unbranched alkanes of at least 4 members (excludes halogenated alkanes) is 2. The first kappa shape index (κ1) is 27.7. The summed E-state index contributed by atoms with van der Waals surface area (Å²) >= 11 is 1.87. The highest BCUT2D eigenvalue weighted by Crippen LogP contribution is 2.34. The lowest BCUT2D eigenvalue weighted by molar-refractivity contribution is -0.119. The minimum absolute atomic E-state index is 0.142. The van der Waals surface area contributed by atoms with Gasteiger partial charge in [-0.05, 0) is 76.9 Å². The van der Waals surface area contributed by atoms with Crippen LogP contribution in [0.1, 0.15) is 91.9 Å². The first-order valence-electron chi connectivity index (χ1n) is 11.5. The molecule has 0 atom stereocenters. The predicted molar refractivity (Wildman–Crippen MR) is 135 cm³/mol. The van der Waals surface area contributed by atoms with Crippen molar-refractivity contribution >= 4 is 17.5 Å². The average Bonchev–Trinajstić information content (AvgIpc) is 2.72. The Morgan fingerprint density at radius 3 is 1.55 bits per heavy atom. The van der Waals surface area contributed by atoms with Gasteiger partial charge < -0.3 is 0 Å². The molecule has 0 saturated carbocycles. The van der Waals surface area contributed by atoms with Gasteiger partial charge in [-0.1, -0.05) is 81.5 Å². The Kier molecular flexibility index (Phi) is 19.1. The van der Waals surface area contributed by atoms with E-state index in [-0.39, 0.29) is 4.75 Å². The SMILES string of the molecule is CC/C=C\C/C=C\C/C=C\C/C=C\C/C=C\CCCCSC(CC)(CC)C(C)=O. The normalized spacial score (nSPS) is 13.2. The first-order chi connectivity index (χ1) is 14.1. The van der Waals surface area contributed by atoms with Crippen molar-refractivity contribution in [2.24, 2.45) is 0 Å². The molecule has 0 saturated heterocycles. The number of Topliss-reactive ketones (excluding diaryl/α,β-unsaturated/α-hetero) is 1. The molecule has 2 heteroatoms. The van der Waals surface area contributed by atoms with E-state index < -0.39 is 0 Å². The highest BCUT2D eigenvalue weighted by Gasteiger charge is 2.31. The van der Waals surface area contributed by atoms with Gasteiger partial charge in [-0.15, -0.1) is 11.8 Å². The zero-order chi connectivity index (χ0) is 21.6. The average molecular weight is 417 g/mol. The summed E-state index contributed by atoms with van der Waals surface area (Å²) in [6.07, 6.45) is 33.0. The van der Waals surface area contributed by atoms with E-state index in [1.165, 1.54) is 12.8 Å². The van der Waals surface area contributed by atoms with E-state index in [1.54, 1.807) is 6.92 Å². The number of allylic oxidation sites excluding steroid dienone is 10. The molecule has 0 radical (unpaired) electrons. The van der Waals surface area contributed by atoms with Gasteiger partial charge in [0.1, 0.15) is 5.78 Å². The van der Waals surface area contributed by atoms with Gasteiger partial charge >= 0.3 is 0 Å². The smallest absolute Gasteiger partial charge is 0.145 e. The second kappa shape index (κ2) is 20.0. The van der Waals surface area contributed by atoms with Crippen molar-refractivity contribution in [2.75, 3.05) is 5.75 Å². The van der Waals surface area contributed by atoms with Crippen LogP contribution in [-0.2, 0) is 4.79 Å². The zero-order valence-corrected chi connectivity index (χ0v) is 20.2. The number of ketones is 1. The van der Waals surface area contributed by atoms with Gasteiger partial charge in [0.15, 0.2) is 0 Å². The van der Waals surface area contributed by atoms with Crippen molar-refractivity contribution in [2.45, 2.75) is 96.7 Å². The third-order valence-corrected chi connectivity index (χ3v) is 7.00. The van der Waals surface area contributed by atoms with Gasteiger partial charge in [0.2, 0.25) is 0 Å². The fourth-order valence-corrected chi connectivity index (χ4v) is 4.40. The Morgan fingerprint density at radius 1 is 0.690 bits per heavy atom. The van der Waals surface area contributed by atoms with Crippen LogP contribution >= 0.6 is 11.8 Å². The van der Waals surface area contributed by atoms with Crippen LogP contribution in [0.25, 0.3) is 0 Å². The summed E-state index contributed by atoms with van der Waals surface area (Å²) in [7, 11) is 0. The van der Waals surface area contributed by atoms with Crippen molar-refractivity contribution in [1.82, 2.24) is 0 Å². The molecule has 0 aromatic rings. The van der Waals surface area contributed by atoms with Crippen LogP contribution in [-0.4, -0.2) is 16.3 Å². The van der Waals surface area contributed by atoms with E-state index >= 15 is 0 Å². The minimum atomic E-state index is -0.142. The monoisotopic (exact) mass is 416 g/mol. The van der Waals surface area contributed by atoms with Gasteiger partial charge in [0, 0.05) is 0 Å². The van der Waals surface area contributed by atoms with E-state index in [9.17, 15) is 4.79 Å². The maximum absolute atomic E-state index is 11.9. The van der Waals surface area contributed by atoms with Crippen LogP contribution in [0.2, 0.25) is 0 Å². The van der Waals surface area contributed by atoms with Gasteiger partial charge in [-0.2, -0.15) is 0 Å². The number of carbonyl (C=O) groups excluding carboxylic acids is 1. The van der Waals surface area contributed by atoms with Crippen LogP contribution in [0.4, 0.5) is 0 Å². The lowest BCUT2D eigenvalue weighted by Crippen LogP contribution is -2.32. The fraction of sp³-hybridized carbons (Fsp3) is 0.593. The predicted octanol–water partition coefficient (Wildman–Crippen LogP) is 8.79. The third kappa shape index (κ3) is 15.3. The number of hydrogen-bond acceptors (Lipinski definition) is 2.